The molecule has 1 saturated heterocycles. The molecule has 0 unspecified atom stereocenters. The molecule has 172 valence electrons. The average molecular weight is 459 g/mol. The second kappa shape index (κ2) is 9.58. The van der Waals surface area contributed by atoms with E-state index in [-0.39, 0.29) is 22.9 Å². The fourth-order valence-electron chi connectivity index (χ4n) is 3.68. The van der Waals surface area contributed by atoms with Gasteiger partial charge >= 0.3 is 0 Å². The van der Waals surface area contributed by atoms with Crippen LogP contribution < -0.4 is 5.56 Å². The van der Waals surface area contributed by atoms with Gasteiger partial charge in [-0.2, -0.15) is 0 Å². The van der Waals surface area contributed by atoms with Crippen LogP contribution in [0.25, 0.3) is 5.69 Å². The Bertz CT molecular complexity index is 1230. The van der Waals surface area contributed by atoms with Crippen molar-refractivity contribution in [1.82, 2.24) is 9.47 Å². The van der Waals surface area contributed by atoms with Crippen LogP contribution >= 0.6 is 0 Å². The number of nitrogens with zero attached hydrogens (tertiary/aromatic N) is 3. The van der Waals surface area contributed by atoms with Crippen LogP contribution in [0.1, 0.15) is 24.0 Å². The number of pyridine rings is 1. The summed E-state index contributed by atoms with van der Waals surface area (Å²) in [6.45, 7) is 1.61. The molecule has 0 radical (unpaired) electrons. The Kier molecular flexibility index (Phi) is 6.60. The number of rotatable bonds is 5. The van der Waals surface area contributed by atoms with E-state index in [2.05, 4.69) is 10.1 Å². The summed E-state index contributed by atoms with van der Waals surface area (Å²) in [5.41, 5.74) is -1.21. The van der Waals surface area contributed by atoms with Crippen molar-refractivity contribution in [2.45, 2.75) is 18.9 Å². The van der Waals surface area contributed by atoms with Gasteiger partial charge in [-0.3, -0.25) is 9.36 Å². The van der Waals surface area contributed by atoms with Crippen molar-refractivity contribution < 1.29 is 22.4 Å². The van der Waals surface area contributed by atoms with Crippen LogP contribution in [0.4, 0.5) is 17.6 Å². The summed E-state index contributed by atoms with van der Waals surface area (Å²) in [5, 5.41) is 4.15. The maximum Gasteiger partial charge on any atom is 0.255 e. The standard InChI is InChI=1S/C24H21F4N3O2/c1-30-11-9-17(10-12-30)33-29-23(18-7-6-16(25)13-21(18)28)15-5-8-22(32)31(14-15)24-19(26)3-2-4-20(24)27/h2-8,13-14,17H,9-12H2,1H3/b29-23-. The van der Waals surface area contributed by atoms with Gasteiger partial charge in [0.15, 0.2) is 0 Å². The Morgan fingerprint density at radius 2 is 1.67 bits per heavy atom. The molecule has 0 saturated carbocycles. The predicted molar refractivity (Wildman–Crippen MR) is 116 cm³/mol. The summed E-state index contributed by atoms with van der Waals surface area (Å²) in [6, 6.07) is 8.62. The van der Waals surface area contributed by atoms with E-state index in [1.54, 1.807) is 0 Å². The van der Waals surface area contributed by atoms with E-state index in [1.165, 1.54) is 18.2 Å². The van der Waals surface area contributed by atoms with Crippen LogP contribution in [0, 0.1) is 23.3 Å². The molecule has 0 aliphatic carbocycles. The Morgan fingerprint density at radius 1 is 0.970 bits per heavy atom. The molecule has 9 heteroatoms. The highest BCUT2D eigenvalue weighted by molar-refractivity contribution is 6.12. The number of piperidine rings is 1. The molecule has 0 amide bonds. The van der Waals surface area contributed by atoms with Gasteiger partial charge in [0.2, 0.25) is 0 Å². The van der Waals surface area contributed by atoms with Gasteiger partial charge in [0, 0.05) is 42.5 Å². The maximum absolute atomic E-state index is 14.7. The quantitative estimate of drug-likeness (QED) is 0.326. The first-order chi connectivity index (χ1) is 15.8. The summed E-state index contributed by atoms with van der Waals surface area (Å²) < 4.78 is 57.6. The molecule has 1 aromatic heterocycles. The Morgan fingerprint density at radius 3 is 2.33 bits per heavy atom. The molecule has 0 bridgehead atoms. The molecule has 0 N–H and O–H groups in total. The van der Waals surface area contributed by atoms with Gasteiger partial charge in [0.1, 0.15) is 40.8 Å². The maximum atomic E-state index is 14.7. The number of benzene rings is 2. The first-order valence-electron chi connectivity index (χ1n) is 10.4. The lowest BCUT2D eigenvalue weighted by Gasteiger charge is -2.27. The van der Waals surface area contributed by atoms with E-state index in [4.69, 9.17) is 4.84 Å². The summed E-state index contributed by atoms with van der Waals surface area (Å²) in [5.74, 6) is -3.55. The van der Waals surface area contributed by atoms with E-state index in [0.717, 1.165) is 48.1 Å². The highest BCUT2D eigenvalue weighted by atomic mass is 19.1. The van der Waals surface area contributed by atoms with Crippen molar-refractivity contribution in [3.8, 4) is 5.69 Å². The number of hydrogen-bond donors (Lipinski definition) is 0. The van der Waals surface area contributed by atoms with Crippen molar-refractivity contribution in [2.75, 3.05) is 20.1 Å². The van der Waals surface area contributed by atoms with Crippen LogP contribution in [0.3, 0.4) is 0 Å². The highest BCUT2D eigenvalue weighted by Crippen LogP contribution is 2.21. The molecular weight excluding hydrogens is 438 g/mol. The highest BCUT2D eigenvalue weighted by Gasteiger charge is 2.21. The van der Waals surface area contributed by atoms with E-state index < -0.39 is 34.5 Å². The second-order valence-corrected chi connectivity index (χ2v) is 7.87. The van der Waals surface area contributed by atoms with E-state index in [9.17, 15) is 22.4 Å². The second-order valence-electron chi connectivity index (χ2n) is 7.87. The number of aromatic nitrogens is 1. The molecule has 2 aromatic carbocycles. The molecular formula is C24H21F4N3O2. The average Bonchev–Trinajstić information content (AvgIpc) is 2.78. The molecule has 3 aromatic rings. The smallest absolute Gasteiger partial charge is 0.255 e. The molecule has 0 spiro atoms. The lowest BCUT2D eigenvalue weighted by Crippen LogP contribution is -2.33. The van der Waals surface area contributed by atoms with Crippen molar-refractivity contribution >= 4 is 5.71 Å². The minimum Gasteiger partial charge on any atom is -0.392 e. The Hall–Kier alpha value is -3.46. The molecule has 1 aliphatic heterocycles. The van der Waals surface area contributed by atoms with Crippen LogP contribution in [-0.4, -0.2) is 41.4 Å². The molecule has 0 atom stereocenters. The van der Waals surface area contributed by atoms with E-state index >= 15 is 0 Å². The monoisotopic (exact) mass is 459 g/mol. The van der Waals surface area contributed by atoms with Crippen LogP contribution in [0.5, 0.6) is 0 Å². The van der Waals surface area contributed by atoms with Gasteiger partial charge in [0.25, 0.3) is 5.56 Å². The minimum atomic E-state index is -0.941. The number of likely N-dealkylation sites (tertiary alicyclic amines) is 1. The minimum absolute atomic E-state index is 0.0306. The van der Waals surface area contributed by atoms with Gasteiger partial charge in [-0.05, 0) is 50.2 Å². The molecule has 4 rings (SSSR count). The van der Waals surface area contributed by atoms with Crippen molar-refractivity contribution in [3.05, 3.63) is 99.5 Å². The Balaban J connectivity index is 1.80. The summed E-state index contributed by atoms with van der Waals surface area (Å²) in [4.78, 5) is 20.2. The van der Waals surface area contributed by atoms with Crippen LogP contribution in [0.15, 0.2) is 64.7 Å². The SMILES string of the molecule is CN1CCC(O/N=C(/c2ccc(=O)n(-c3c(F)cccc3F)c2)c2ccc(F)cc2F)CC1. The van der Waals surface area contributed by atoms with Crippen molar-refractivity contribution in [2.24, 2.45) is 5.16 Å². The zero-order valence-corrected chi connectivity index (χ0v) is 17.8. The number of para-hydroxylation sites is 1. The molecule has 5 nitrogen and oxygen atoms in total. The fourth-order valence-corrected chi connectivity index (χ4v) is 3.68. The molecule has 33 heavy (non-hydrogen) atoms. The van der Waals surface area contributed by atoms with Gasteiger partial charge in [0.05, 0.1) is 0 Å². The van der Waals surface area contributed by atoms with E-state index in [1.807, 2.05) is 7.05 Å². The van der Waals surface area contributed by atoms with Crippen molar-refractivity contribution in [3.63, 3.8) is 0 Å². The molecule has 2 heterocycles. The third-order valence-corrected chi connectivity index (χ3v) is 5.51. The van der Waals surface area contributed by atoms with Crippen LogP contribution in [-0.2, 0) is 4.84 Å². The lowest BCUT2D eigenvalue weighted by atomic mass is 10.0. The Labute approximate surface area is 187 Å². The molecule has 1 aliphatic rings. The lowest BCUT2D eigenvalue weighted by molar-refractivity contribution is 0.0163. The number of halogens is 4. The van der Waals surface area contributed by atoms with Crippen LogP contribution in [0.2, 0.25) is 0 Å². The fraction of sp³-hybridized carbons (Fsp3) is 0.250. The number of hydrogen-bond acceptors (Lipinski definition) is 4. The van der Waals surface area contributed by atoms with Gasteiger partial charge in [-0.15, -0.1) is 0 Å². The predicted octanol–water partition coefficient (Wildman–Crippen LogP) is 4.26. The van der Waals surface area contributed by atoms with Gasteiger partial charge < -0.3 is 9.74 Å². The summed E-state index contributed by atoms with van der Waals surface area (Å²) >= 11 is 0. The first kappa shape index (κ1) is 22.7. The topological polar surface area (TPSA) is 46.8 Å². The third kappa shape index (κ3) is 4.98. The zero-order chi connectivity index (χ0) is 23.5. The summed E-state index contributed by atoms with van der Waals surface area (Å²) in [7, 11) is 1.99. The largest absolute Gasteiger partial charge is 0.392 e. The number of oxime groups is 1. The van der Waals surface area contributed by atoms with E-state index in [0.29, 0.717) is 18.9 Å². The van der Waals surface area contributed by atoms with Crippen molar-refractivity contribution in [1.29, 1.82) is 0 Å². The van der Waals surface area contributed by atoms with Gasteiger partial charge in [-0.1, -0.05) is 11.2 Å². The van der Waals surface area contributed by atoms with Gasteiger partial charge in [-0.25, -0.2) is 17.6 Å². The third-order valence-electron chi connectivity index (χ3n) is 5.51. The molecule has 1 fully saturated rings. The summed E-state index contributed by atoms with van der Waals surface area (Å²) in [6.07, 6.45) is 2.36. The zero-order valence-electron chi connectivity index (χ0n) is 17.8. The normalized spacial score (nSPS) is 15.6. The first-order valence-corrected chi connectivity index (χ1v) is 10.4.